The van der Waals surface area contributed by atoms with Crippen LogP contribution in [0.3, 0.4) is 0 Å². The lowest BCUT2D eigenvalue weighted by Crippen LogP contribution is -2.55. The molecule has 1 unspecified atom stereocenters. The van der Waals surface area contributed by atoms with Crippen molar-refractivity contribution in [1.82, 2.24) is 19.5 Å². The molecule has 5 rings (SSSR count). The lowest BCUT2D eigenvalue weighted by Gasteiger charge is -2.43. The Morgan fingerprint density at radius 3 is 2.80 bits per heavy atom. The van der Waals surface area contributed by atoms with Gasteiger partial charge in [-0.3, -0.25) is 9.36 Å². The van der Waals surface area contributed by atoms with E-state index >= 15 is 0 Å². The SMILES string of the molecule is CCC1C(=O)N(C)c2cnc(-n3ccnc3C3=CCOCC3)nc2N1C1CCCC1. The van der Waals surface area contributed by atoms with Crippen molar-refractivity contribution in [3.05, 3.63) is 30.5 Å². The molecular formula is C22H28N6O2. The smallest absolute Gasteiger partial charge is 0.249 e. The van der Waals surface area contributed by atoms with Crippen LogP contribution in [0.25, 0.3) is 11.5 Å². The van der Waals surface area contributed by atoms with Crippen molar-refractivity contribution in [2.75, 3.05) is 30.1 Å². The third-order valence-corrected chi connectivity index (χ3v) is 6.51. The third-order valence-electron chi connectivity index (χ3n) is 6.51. The van der Waals surface area contributed by atoms with Gasteiger partial charge in [0.05, 0.1) is 19.4 Å². The highest BCUT2D eigenvalue weighted by Crippen LogP contribution is 2.39. The van der Waals surface area contributed by atoms with Crippen LogP contribution in [0.2, 0.25) is 0 Å². The number of anilines is 2. The number of carbonyl (C=O) groups is 1. The van der Waals surface area contributed by atoms with E-state index < -0.39 is 0 Å². The fourth-order valence-electron chi connectivity index (χ4n) is 4.92. The number of hydrogen-bond donors (Lipinski definition) is 0. The summed E-state index contributed by atoms with van der Waals surface area (Å²) < 4.78 is 7.39. The van der Waals surface area contributed by atoms with E-state index in [1.807, 2.05) is 17.8 Å². The normalized spacial score (nSPS) is 22.4. The van der Waals surface area contributed by atoms with Gasteiger partial charge in [0, 0.05) is 25.5 Å². The van der Waals surface area contributed by atoms with Crippen LogP contribution < -0.4 is 9.80 Å². The van der Waals surface area contributed by atoms with Crippen molar-refractivity contribution >= 4 is 23.0 Å². The topological polar surface area (TPSA) is 76.4 Å². The molecule has 8 nitrogen and oxygen atoms in total. The molecule has 0 saturated heterocycles. The van der Waals surface area contributed by atoms with E-state index in [1.165, 1.54) is 12.8 Å². The molecule has 2 aliphatic heterocycles. The number of amides is 1. The van der Waals surface area contributed by atoms with Gasteiger partial charge in [-0.2, -0.15) is 4.98 Å². The Balaban J connectivity index is 1.60. The zero-order chi connectivity index (χ0) is 20.7. The number of hydrogen-bond acceptors (Lipinski definition) is 6. The molecule has 0 N–H and O–H groups in total. The Labute approximate surface area is 176 Å². The first-order valence-corrected chi connectivity index (χ1v) is 10.9. The van der Waals surface area contributed by atoms with Crippen molar-refractivity contribution in [2.45, 2.75) is 57.5 Å². The fraction of sp³-hybridized carbons (Fsp3) is 0.545. The minimum atomic E-state index is -0.172. The highest BCUT2D eigenvalue weighted by molar-refractivity contribution is 6.04. The van der Waals surface area contributed by atoms with Crippen LogP contribution in [0.4, 0.5) is 11.5 Å². The average Bonchev–Trinajstić information content (AvgIpc) is 3.48. The second kappa shape index (κ2) is 7.83. The molecule has 158 valence electrons. The Hall–Kier alpha value is -2.74. The van der Waals surface area contributed by atoms with Gasteiger partial charge in [-0.25, -0.2) is 9.97 Å². The van der Waals surface area contributed by atoms with Gasteiger partial charge in [0.2, 0.25) is 11.9 Å². The summed E-state index contributed by atoms with van der Waals surface area (Å²) in [5, 5.41) is 0. The largest absolute Gasteiger partial charge is 0.377 e. The average molecular weight is 409 g/mol. The van der Waals surface area contributed by atoms with Gasteiger partial charge >= 0.3 is 0 Å². The van der Waals surface area contributed by atoms with Gasteiger partial charge in [0.25, 0.3) is 0 Å². The summed E-state index contributed by atoms with van der Waals surface area (Å²) in [5.41, 5.74) is 1.94. The summed E-state index contributed by atoms with van der Waals surface area (Å²) in [4.78, 5) is 31.2. The van der Waals surface area contributed by atoms with Crippen molar-refractivity contribution in [1.29, 1.82) is 0 Å². The third kappa shape index (κ3) is 3.10. The van der Waals surface area contributed by atoms with Crippen molar-refractivity contribution < 1.29 is 9.53 Å². The minimum Gasteiger partial charge on any atom is -0.377 e. The number of ether oxygens (including phenoxy) is 1. The summed E-state index contributed by atoms with van der Waals surface area (Å²) in [5.74, 6) is 2.44. The maximum Gasteiger partial charge on any atom is 0.249 e. The van der Waals surface area contributed by atoms with Crippen LogP contribution in [-0.2, 0) is 9.53 Å². The molecule has 1 atom stereocenters. The molecule has 0 radical (unpaired) electrons. The Morgan fingerprint density at radius 1 is 1.23 bits per heavy atom. The quantitative estimate of drug-likeness (QED) is 0.774. The molecule has 0 spiro atoms. The van der Waals surface area contributed by atoms with Crippen LogP contribution in [0.1, 0.15) is 51.3 Å². The molecule has 8 heteroatoms. The number of nitrogens with zero attached hydrogens (tertiary/aromatic N) is 6. The van der Waals surface area contributed by atoms with Gasteiger partial charge < -0.3 is 14.5 Å². The van der Waals surface area contributed by atoms with Crippen LogP contribution in [0.5, 0.6) is 0 Å². The summed E-state index contributed by atoms with van der Waals surface area (Å²) in [7, 11) is 1.83. The van der Waals surface area contributed by atoms with Crippen LogP contribution >= 0.6 is 0 Å². The maximum absolute atomic E-state index is 13.1. The predicted octanol–water partition coefficient (Wildman–Crippen LogP) is 2.97. The highest BCUT2D eigenvalue weighted by atomic mass is 16.5. The number of likely N-dealkylation sites (N-methyl/N-ethyl adjacent to an activating group) is 1. The van der Waals surface area contributed by atoms with E-state index in [1.54, 1.807) is 17.3 Å². The van der Waals surface area contributed by atoms with E-state index in [-0.39, 0.29) is 11.9 Å². The van der Waals surface area contributed by atoms with Gasteiger partial charge in [-0.05, 0) is 31.3 Å². The first kappa shape index (κ1) is 19.2. The van der Waals surface area contributed by atoms with Crippen LogP contribution in [-0.4, -0.2) is 57.8 Å². The zero-order valence-corrected chi connectivity index (χ0v) is 17.6. The van der Waals surface area contributed by atoms with E-state index in [2.05, 4.69) is 27.9 Å². The predicted molar refractivity (Wildman–Crippen MR) is 115 cm³/mol. The van der Waals surface area contributed by atoms with E-state index in [9.17, 15) is 4.79 Å². The monoisotopic (exact) mass is 408 g/mol. The number of aromatic nitrogens is 4. The number of fused-ring (bicyclic) bond motifs is 1. The highest BCUT2D eigenvalue weighted by Gasteiger charge is 2.41. The molecule has 0 aromatic carbocycles. The lowest BCUT2D eigenvalue weighted by atomic mass is 10.0. The summed E-state index contributed by atoms with van der Waals surface area (Å²) >= 11 is 0. The van der Waals surface area contributed by atoms with Crippen LogP contribution in [0.15, 0.2) is 24.7 Å². The van der Waals surface area contributed by atoms with Crippen LogP contribution in [0, 0.1) is 0 Å². The standard InChI is InChI=1S/C22H28N6O2/c1-3-17-21(29)26(2)18-14-24-22(25-20(18)28(17)16-6-4-5-7-16)27-11-10-23-19(27)15-8-12-30-13-9-15/h8,10-11,14,16-17H,3-7,9,12-13H2,1-2H3. The second-order valence-electron chi connectivity index (χ2n) is 8.22. The molecule has 4 heterocycles. The van der Waals surface area contributed by atoms with E-state index in [0.29, 0.717) is 25.2 Å². The summed E-state index contributed by atoms with van der Waals surface area (Å²) in [6, 6.07) is 0.184. The molecule has 1 aliphatic carbocycles. The molecular weight excluding hydrogens is 380 g/mol. The van der Waals surface area contributed by atoms with Gasteiger partial charge in [0.15, 0.2) is 5.82 Å². The second-order valence-corrected chi connectivity index (χ2v) is 8.22. The number of rotatable bonds is 4. The Morgan fingerprint density at radius 2 is 2.07 bits per heavy atom. The van der Waals surface area contributed by atoms with Crippen molar-refractivity contribution in [2.24, 2.45) is 0 Å². The van der Waals surface area contributed by atoms with Gasteiger partial charge in [0.1, 0.15) is 17.6 Å². The molecule has 2 aromatic heterocycles. The zero-order valence-electron chi connectivity index (χ0n) is 17.6. The number of carbonyl (C=O) groups excluding carboxylic acids is 1. The molecule has 1 saturated carbocycles. The summed E-state index contributed by atoms with van der Waals surface area (Å²) in [6.07, 6.45) is 13.8. The molecule has 30 heavy (non-hydrogen) atoms. The molecule has 2 aromatic rings. The molecule has 1 fully saturated rings. The van der Waals surface area contributed by atoms with E-state index in [0.717, 1.165) is 48.6 Å². The Bertz CT molecular complexity index is 978. The van der Waals surface area contributed by atoms with Gasteiger partial charge in [-0.1, -0.05) is 25.8 Å². The first-order valence-electron chi connectivity index (χ1n) is 10.9. The molecule has 1 amide bonds. The van der Waals surface area contributed by atoms with E-state index in [4.69, 9.17) is 9.72 Å². The maximum atomic E-state index is 13.1. The lowest BCUT2D eigenvalue weighted by molar-refractivity contribution is -0.120. The first-order chi connectivity index (χ1) is 14.7. The molecule has 0 bridgehead atoms. The fourth-order valence-corrected chi connectivity index (χ4v) is 4.92. The van der Waals surface area contributed by atoms with Crippen molar-refractivity contribution in [3.8, 4) is 5.95 Å². The number of imidazole rings is 1. The minimum absolute atomic E-state index is 0.129. The summed E-state index contributed by atoms with van der Waals surface area (Å²) in [6.45, 7) is 3.38. The van der Waals surface area contributed by atoms with Gasteiger partial charge in [-0.15, -0.1) is 0 Å². The Kier molecular flexibility index (Phi) is 5.02. The van der Waals surface area contributed by atoms with Crippen molar-refractivity contribution in [3.63, 3.8) is 0 Å². The molecule has 3 aliphatic rings.